The Labute approximate surface area is 227 Å². The van der Waals surface area contributed by atoms with Crippen molar-refractivity contribution in [3.8, 4) is 16.9 Å². The largest absolute Gasteiger partial charge is 0.492 e. The van der Waals surface area contributed by atoms with Gasteiger partial charge in [-0.25, -0.2) is 8.78 Å². The van der Waals surface area contributed by atoms with Crippen LogP contribution in [0.3, 0.4) is 0 Å². The van der Waals surface area contributed by atoms with E-state index in [9.17, 15) is 4.79 Å². The van der Waals surface area contributed by atoms with Gasteiger partial charge in [-0.2, -0.15) is 0 Å². The van der Waals surface area contributed by atoms with Crippen molar-refractivity contribution in [3.05, 3.63) is 89.0 Å². The maximum absolute atomic E-state index is 15.3. The number of ether oxygens (including phenoxy) is 2. The number of nitrogens with one attached hydrogen (secondary N) is 2. The van der Waals surface area contributed by atoms with Crippen molar-refractivity contribution in [2.45, 2.75) is 19.6 Å². The topological polar surface area (TPSA) is 101 Å². The highest BCUT2D eigenvalue weighted by Gasteiger charge is 2.28. The van der Waals surface area contributed by atoms with Crippen LogP contribution < -0.4 is 15.8 Å². The molecule has 0 bridgehead atoms. The lowest BCUT2D eigenvalue weighted by Gasteiger charge is -2.20. The molecule has 1 atom stereocenters. The maximum Gasteiger partial charge on any atom is 0.254 e. The fraction of sp³-hybridized carbons (Fsp3) is 0.286. The first-order valence-corrected chi connectivity index (χ1v) is 11.9. The number of hydrogen-bond donors (Lipinski definition) is 3. The second-order valence-electron chi connectivity index (χ2n) is 8.67. The van der Waals surface area contributed by atoms with Crippen molar-refractivity contribution < 1.29 is 23.0 Å². The molecule has 0 aromatic heterocycles. The van der Waals surface area contributed by atoms with E-state index < -0.39 is 29.2 Å². The second kappa shape index (κ2) is 14.4. The minimum absolute atomic E-state index is 0. The van der Waals surface area contributed by atoms with Gasteiger partial charge in [-0.15, -0.1) is 12.4 Å². The Morgan fingerprint density at radius 2 is 1.71 bits per heavy atom. The first-order chi connectivity index (χ1) is 17.7. The third-order valence-corrected chi connectivity index (χ3v) is 5.64. The average molecular weight is 547 g/mol. The smallest absolute Gasteiger partial charge is 0.254 e. The number of benzene rings is 3. The zero-order valence-corrected chi connectivity index (χ0v) is 22.4. The van der Waals surface area contributed by atoms with Gasteiger partial charge in [0.1, 0.15) is 29.8 Å². The number of carbonyl (C=O) groups is 1. The van der Waals surface area contributed by atoms with Crippen LogP contribution in [0.5, 0.6) is 5.75 Å². The predicted octanol–water partition coefficient (Wildman–Crippen LogP) is 4.67. The van der Waals surface area contributed by atoms with E-state index in [4.69, 9.17) is 20.6 Å². The van der Waals surface area contributed by atoms with E-state index in [-0.39, 0.29) is 31.4 Å². The van der Waals surface area contributed by atoms with Crippen LogP contribution in [0.15, 0.2) is 60.7 Å². The number of nitrogen functional groups attached to an aromatic ring is 1. The standard InChI is InChI=1S/C28H32F2N4O3.ClH/c1-4-36-26(28(35)33-17-18-9-11-19(12-10-18)27(31)32)25-22(29)15-20(16-23(25)30)21-7-5-6-8-24(21)37-14-13-34(2)3;/h5-12,15-16,26H,4,13-14,17H2,1-3H3,(H3,31,32)(H,33,35);1H. The molecule has 3 aromatic rings. The zero-order chi connectivity index (χ0) is 26.9. The van der Waals surface area contributed by atoms with Gasteiger partial charge in [0, 0.05) is 30.8 Å². The van der Waals surface area contributed by atoms with Crippen LogP contribution in [0.1, 0.15) is 29.7 Å². The second-order valence-corrected chi connectivity index (χ2v) is 8.67. The number of nitrogens with two attached hydrogens (primary N) is 1. The van der Waals surface area contributed by atoms with E-state index in [1.54, 1.807) is 55.5 Å². The Hall–Kier alpha value is -3.53. The molecule has 3 rings (SSSR count). The summed E-state index contributed by atoms with van der Waals surface area (Å²) < 4.78 is 42.0. The molecule has 1 amide bonds. The average Bonchev–Trinajstić information content (AvgIpc) is 2.86. The van der Waals surface area contributed by atoms with Gasteiger partial charge in [-0.1, -0.05) is 42.5 Å². The van der Waals surface area contributed by atoms with Crippen LogP contribution >= 0.6 is 12.4 Å². The molecular formula is C28H33ClF2N4O3. The van der Waals surface area contributed by atoms with Crippen molar-refractivity contribution in [1.29, 1.82) is 5.41 Å². The first-order valence-electron chi connectivity index (χ1n) is 11.9. The monoisotopic (exact) mass is 546 g/mol. The van der Waals surface area contributed by atoms with E-state index in [1.807, 2.05) is 19.0 Å². The molecule has 0 aliphatic heterocycles. The molecule has 1 unspecified atom stereocenters. The molecule has 38 heavy (non-hydrogen) atoms. The Balaban J connectivity index is 0.00000507. The molecule has 3 aromatic carbocycles. The number of para-hydroxylation sites is 1. The van der Waals surface area contributed by atoms with Gasteiger partial charge in [0.15, 0.2) is 6.10 Å². The molecule has 0 saturated heterocycles. The maximum atomic E-state index is 15.3. The summed E-state index contributed by atoms with van der Waals surface area (Å²) in [4.78, 5) is 14.9. The lowest BCUT2D eigenvalue weighted by atomic mass is 9.99. The summed E-state index contributed by atoms with van der Waals surface area (Å²) >= 11 is 0. The van der Waals surface area contributed by atoms with Gasteiger partial charge in [0.2, 0.25) is 0 Å². The van der Waals surface area contributed by atoms with Crippen molar-refractivity contribution >= 4 is 24.1 Å². The van der Waals surface area contributed by atoms with Gasteiger partial charge >= 0.3 is 0 Å². The van der Waals surface area contributed by atoms with E-state index >= 15 is 8.78 Å². The van der Waals surface area contributed by atoms with E-state index in [0.29, 0.717) is 35.6 Å². The number of carbonyl (C=O) groups excluding carboxylic acids is 1. The van der Waals surface area contributed by atoms with E-state index in [2.05, 4.69) is 5.32 Å². The molecule has 204 valence electrons. The van der Waals surface area contributed by atoms with Crippen LogP contribution in [-0.2, 0) is 16.1 Å². The summed E-state index contributed by atoms with van der Waals surface area (Å²) in [5.41, 5.74) is 7.12. The number of hydrogen-bond acceptors (Lipinski definition) is 5. The summed E-state index contributed by atoms with van der Waals surface area (Å²) in [6.45, 7) is 2.93. The van der Waals surface area contributed by atoms with E-state index in [0.717, 1.165) is 5.56 Å². The summed E-state index contributed by atoms with van der Waals surface area (Å²) in [5, 5.41) is 10.1. The Bertz CT molecular complexity index is 1220. The van der Waals surface area contributed by atoms with Gasteiger partial charge in [0.05, 0.1) is 5.56 Å². The van der Waals surface area contributed by atoms with Gasteiger partial charge in [0.25, 0.3) is 5.91 Å². The Kier molecular flexibility index (Phi) is 11.6. The third-order valence-electron chi connectivity index (χ3n) is 5.64. The Morgan fingerprint density at radius 1 is 1.08 bits per heavy atom. The van der Waals surface area contributed by atoms with Crippen molar-refractivity contribution in [2.24, 2.45) is 5.73 Å². The minimum atomic E-state index is -1.47. The highest BCUT2D eigenvalue weighted by atomic mass is 35.5. The highest BCUT2D eigenvalue weighted by molar-refractivity contribution is 5.94. The summed E-state index contributed by atoms with van der Waals surface area (Å²) in [6, 6.07) is 16.1. The molecule has 0 heterocycles. The number of amidine groups is 1. The molecule has 4 N–H and O–H groups in total. The quantitative estimate of drug-likeness (QED) is 0.226. The molecule has 7 nitrogen and oxygen atoms in total. The molecule has 0 radical (unpaired) electrons. The van der Waals surface area contributed by atoms with E-state index in [1.165, 1.54) is 12.1 Å². The van der Waals surface area contributed by atoms with Crippen LogP contribution in [0.25, 0.3) is 11.1 Å². The molecule has 0 spiro atoms. The first kappa shape index (κ1) is 30.7. The predicted molar refractivity (Wildman–Crippen MR) is 147 cm³/mol. The molecular weight excluding hydrogens is 514 g/mol. The van der Waals surface area contributed by atoms with Crippen molar-refractivity contribution in [2.75, 3.05) is 33.9 Å². The van der Waals surface area contributed by atoms with Crippen LogP contribution in [0, 0.1) is 17.0 Å². The lowest BCUT2D eigenvalue weighted by Crippen LogP contribution is -2.31. The fourth-order valence-corrected chi connectivity index (χ4v) is 3.70. The number of likely N-dealkylation sites (N-methyl/N-ethyl adjacent to an activating group) is 1. The number of halogens is 3. The van der Waals surface area contributed by atoms with Crippen molar-refractivity contribution in [1.82, 2.24) is 10.2 Å². The molecule has 0 saturated carbocycles. The zero-order valence-electron chi connectivity index (χ0n) is 21.6. The molecule has 0 aliphatic carbocycles. The highest BCUT2D eigenvalue weighted by Crippen LogP contribution is 2.34. The SMILES string of the molecule is CCOC(C(=O)NCc1ccc(C(=N)N)cc1)c1c(F)cc(-c2ccccc2OCCN(C)C)cc1F.Cl. The van der Waals surface area contributed by atoms with Crippen molar-refractivity contribution in [3.63, 3.8) is 0 Å². The molecule has 0 fully saturated rings. The third kappa shape index (κ3) is 7.98. The number of nitrogens with zero attached hydrogens (tertiary/aromatic N) is 1. The lowest BCUT2D eigenvalue weighted by molar-refractivity contribution is -0.133. The summed E-state index contributed by atoms with van der Waals surface area (Å²) in [5.74, 6) is -2.01. The molecule has 0 aliphatic rings. The minimum Gasteiger partial charge on any atom is -0.492 e. The molecule has 10 heteroatoms. The summed E-state index contributed by atoms with van der Waals surface area (Å²) in [7, 11) is 3.85. The van der Waals surface area contributed by atoms with Gasteiger partial charge < -0.3 is 25.4 Å². The fourth-order valence-electron chi connectivity index (χ4n) is 3.70. The van der Waals surface area contributed by atoms with Gasteiger partial charge in [-0.05, 0) is 50.3 Å². The van der Waals surface area contributed by atoms with Gasteiger partial charge in [-0.3, -0.25) is 10.2 Å². The van der Waals surface area contributed by atoms with Crippen LogP contribution in [0.4, 0.5) is 8.78 Å². The Morgan fingerprint density at radius 3 is 2.29 bits per heavy atom. The normalized spacial score (nSPS) is 11.5. The van der Waals surface area contributed by atoms with Crippen LogP contribution in [0.2, 0.25) is 0 Å². The number of amides is 1. The summed E-state index contributed by atoms with van der Waals surface area (Å²) in [6.07, 6.45) is -1.47. The van der Waals surface area contributed by atoms with Crippen LogP contribution in [-0.4, -0.2) is 50.5 Å². The number of rotatable bonds is 12.